The van der Waals surface area contributed by atoms with Crippen molar-refractivity contribution in [2.24, 2.45) is 0 Å². The summed E-state index contributed by atoms with van der Waals surface area (Å²) >= 11 is 0. The van der Waals surface area contributed by atoms with E-state index in [0.29, 0.717) is 42.7 Å². The van der Waals surface area contributed by atoms with Gasteiger partial charge < -0.3 is 14.4 Å². The molecule has 3 aliphatic rings. The Morgan fingerprint density at radius 3 is 1.89 bits per heavy atom. The summed E-state index contributed by atoms with van der Waals surface area (Å²) in [5.41, 5.74) is 0.537. The van der Waals surface area contributed by atoms with Gasteiger partial charge in [0.05, 0.1) is 14.2 Å². The molecule has 2 atom stereocenters. The number of likely N-dealkylation sites (tertiary alicyclic amines) is 1. The zero-order chi connectivity index (χ0) is 19.1. The number of ether oxygens (including phenoxy) is 2. The predicted octanol–water partition coefficient (Wildman–Crippen LogP) is 1.99. The van der Waals surface area contributed by atoms with Gasteiger partial charge in [0.15, 0.2) is 0 Å². The van der Waals surface area contributed by atoms with Crippen molar-refractivity contribution in [1.29, 1.82) is 0 Å². The van der Waals surface area contributed by atoms with Crippen LogP contribution in [-0.2, 0) is 9.59 Å². The van der Waals surface area contributed by atoms with Crippen molar-refractivity contribution in [2.75, 3.05) is 14.2 Å². The number of hydrogen-bond donors (Lipinski definition) is 0. The van der Waals surface area contributed by atoms with Crippen molar-refractivity contribution < 1.29 is 23.9 Å². The molecule has 3 fully saturated rings. The van der Waals surface area contributed by atoms with Crippen LogP contribution < -0.4 is 9.47 Å². The van der Waals surface area contributed by atoms with E-state index >= 15 is 0 Å². The van der Waals surface area contributed by atoms with Crippen molar-refractivity contribution >= 4 is 17.7 Å². The Labute approximate surface area is 158 Å². The Bertz CT molecular complexity index is 740. The van der Waals surface area contributed by atoms with Gasteiger partial charge in [-0.25, -0.2) is 0 Å². The average Bonchev–Trinajstić information content (AvgIpc) is 3.15. The van der Waals surface area contributed by atoms with Crippen LogP contribution in [0.25, 0.3) is 0 Å². The fourth-order valence-electron chi connectivity index (χ4n) is 4.77. The van der Waals surface area contributed by atoms with Gasteiger partial charge in [0.2, 0.25) is 11.8 Å². The molecule has 0 aliphatic carbocycles. The third kappa shape index (κ3) is 3.05. The van der Waals surface area contributed by atoms with E-state index in [-0.39, 0.29) is 35.8 Å². The molecule has 2 unspecified atom stereocenters. The second-order valence-electron chi connectivity index (χ2n) is 7.48. The first-order valence-corrected chi connectivity index (χ1v) is 9.42. The predicted molar refractivity (Wildman–Crippen MR) is 96.6 cm³/mol. The van der Waals surface area contributed by atoms with Crippen molar-refractivity contribution in [3.05, 3.63) is 23.8 Å². The van der Waals surface area contributed by atoms with E-state index in [4.69, 9.17) is 9.47 Å². The van der Waals surface area contributed by atoms with E-state index in [2.05, 4.69) is 0 Å². The topological polar surface area (TPSA) is 76.2 Å². The number of carbonyl (C=O) groups excluding carboxylic acids is 3. The van der Waals surface area contributed by atoms with Crippen LogP contribution >= 0.6 is 0 Å². The number of nitrogens with zero attached hydrogens (tertiary/aromatic N) is 2. The molecule has 3 saturated heterocycles. The molecule has 3 heterocycles. The Morgan fingerprint density at radius 2 is 1.41 bits per heavy atom. The van der Waals surface area contributed by atoms with E-state index in [0.717, 1.165) is 12.8 Å². The van der Waals surface area contributed by atoms with Gasteiger partial charge >= 0.3 is 0 Å². The van der Waals surface area contributed by atoms with Crippen LogP contribution in [0.4, 0.5) is 0 Å². The normalized spacial score (nSPS) is 27.3. The molecular weight excluding hydrogens is 348 g/mol. The maximum atomic E-state index is 13.2. The van der Waals surface area contributed by atoms with Gasteiger partial charge in [-0.15, -0.1) is 0 Å². The average molecular weight is 372 g/mol. The number of carbonyl (C=O) groups is 3. The largest absolute Gasteiger partial charge is 0.497 e. The Hall–Kier alpha value is -2.57. The summed E-state index contributed by atoms with van der Waals surface area (Å²) in [6.45, 7) is 0. The van der Waals surface area contributed by atoms with Gasteiger partial charge in [-0.05, 0) is 37.8 Å². The molecule has 1 aromatic carbocycles. The quantitative estimate of drug-likeness (QED) is 0.756. The third-order valence-electron chi connectivity index (χ3n) is 6.00. The van der Waals surface area contributed by atoms with Crippen LogP contribution in [0.15, 0.2) is 18.2 Å². The van der Waals surface area contributed by atoms with Gasteiger partial charge in [-0.3, -0.25) is 19.3 Å². The van der Waals surface area contributed by atoms with E-state index < -0.39 is 0 Å². The van der Waals surface area contributed by atoms with Crippen LogP contribution in [0.5, 0.6) is 11.5 Å². The molecule has 0 saturated carbocycles. The van der Waals surface area contributed by atoms with Crippen LogP contribution in [0.1, 0.15) is 48.9 Å². The summed E-state index contributed by atoms with van der Waals surface area (Å²) in [6.07, 6.45) is 3.78. The second-order valence-corrected chi connectivity index (χ2v) is 7.48. The molecule has 0 spiro atoms. The van der Waals surface area contributed by atoms with Crippen molar-refractivity contribution in [1.82, 2.24) is 9.80 Å². The lowest BCUT2D eigenvalue weighted by atomic mass is 9.95. The highest BCUT2D eigenvalue weighted by Crippen LogP contribution is 2.40. The molecular formula is C20H24N2O5. The van der Waals surface area contributed by atoms with Gasteiger partial charge in [-0.1, -0.05) is 0 Å². The lowest BCUT2D eigenvalue weighted by Gasteiger charge is -2.41. The fraction of sp³-hybridized carbons (Fsp3) is 0.550. The zero-order valence-electron chi connectivity index (χ0n) is 15.6. The minimum Gasteiger partial charge on any atom is -0.497 e. The fourth-order valence-corrected chi connectivity index (χ4v) is 4.77. The Kier molecular flexibility index (Phi) is 4.53. The van der Waals surface area contributed by atoms with Crippen molar-refractivity contribution in [3.8, 4) is 11.5 Å². The molecule has 0 N–H and O–H groups in total. The monoisotopic (exact) mass is 372 g/mol. The molecule has 144 valence electrons. The van der Waals surface area contributed by atoms with Crippen molar-refractivity contribution in [3.63, 3.8) is 0 Å². The number of fused-ring (bicyclic) bond motifs is 2. The van der Waals surface area contributed by atoms with Crippen LogP contribution in [0.2, 0.25) is 0 Å². The summed E-state index contributed by atoms with van der Waals surface area (Å²) in [7, 11) is 3.12. The Morgan fingerprint density at radius 1 is 0.889 bits per heavy atom. The van der Waals surface area contributed by atoms with Crippen LogP contribution in [0.3, 0.4) is 0 Å². The molecule has 1 aromatic rings. The first-order valence-electron chi connectivity index (χ1n) is 9.42. The molecule has 27 heavy (non-hydrogen) atoms. The van der Waals surface area contributed by atoms with E-state index in [1.54, 1.807) is 32.4 Å². The second kappa shape index (κ2) is 6.87. The summed E-state index contributed by atoms with van der Waals surface area (Å²) in [5, 5.41) is 0. The standard InChI is InChI=1S/C20H24N2O5/c1-26-16-7-12(8-17(11-16)27-2)20(25)21-13-3-4-14(21)10-15(9-13)22-18(23)5-6-19(22)24/h7-8,11,13-15H,3-6,9-10H2,1-2H3. The van der Waals surface area contributed by atoms with Crippen molar-refractivity contribution in [2.45, 2.75) is 56.7 Å². The maximum Gasteiger partial charge on any atom is 0.254 e. The molecule has 7 nitrogen and oxygen atoms in total. The number of methoxy groups -OCH3 is 2. The summed E-state index contributed by atoms with van der Waals surface area (Å²) in [4.78, 5) is 40.8. The number of rotatable bonds is 4. The first kappa shape index (κ1) is 17.8. The summed E-state index contributed by atoms with van der Waals surface area (Å²) in [6, 6.07) is 5.23. The lowest BCUT2D eigenvalue weighted by Crippen LogP contribution is -2.53. The zero-order valence-corrected chi connectivity index (χ0v) is 15.6. The number of hydrogen-bond acceptors (Lipinski definition) is 5. The van der Waals surface area contributed by atoms with Gasteiger partial charge in [0, 0.05) is 42.6 Å². The SMILES string of the molecule is COc1cc(OC)cc(C(=O)N2C3CCC2CC(N2C(=O)CCC2=O)C3)c1. The molecule has 0 radical (unpaired) electrons. The molecule has 0 aromatic heterocycles. The van der Waals surface area contributed by atoms with Gasteiger partial charge in [0.1, 0.15) is 11.5 Å². The highest BCUT2D eigenvalue weighted by atomic mass is 16.5. The summed E-state index contributed by atoms with van der Waals surface area (Å²) < 4.78 is 10.6. The molecule has 4 rings (SSSR count). The number of amides is 3. The van der Waals surface area contributed by atoms with E-state index in [1.807, 2.05) is 4.90 Å². The highest BCUT2D eigenvalue weighted by Gasteiger charge is 2.47. The molecule has 2 bridgehead atoms. The summed E-state index contributed by atoms with van der Waals surface area (Å²) in [5.74, 6) is 0.974. The van der Waals surface area contributed by atoms with E-state index in [1.165, 1.54) is 4.90 Å². The highest BCUT2D eigenvalue weighted by molar-refractivity contribution is 6.02. The molecule has 3 aliphatic heterocycles. The van der Waals surface area contributed by atoms with Gasteiger partial charge in [-0.2, -0.15) is 0 Å². The molecule has 7 heteroatoms. The first-order chi connectivity index (χ1) is 13.0. The minimum atomic E-state index is -0.0751. The lowest BCUT2D eigenvalue weighted by molar-refractivity contribution is -0.142. The maximum absolute atomic E-state index is 13.2. The minimum absolute atomic E-state index is 0.0442. The number of piperidine rings is 1. The van der Waals surface area contributed by atoms with Crippen LogP contribution in [-0.4, -0.2) is 59.9 Å². The number of imide groups is 1. The smallest absolute Gasteiger partial charge is 0.254 e. The van der Waals surface area contributed by atoms with Crippen LogP contribution in [0, 0.1) is 0 Å². The van der Waals surface area contributed by atoms with E-state index in [9.17, 15) is 14.4 Å². The van der Waals surface area contributed by atoms with Gasteiger partial charge in [0.25, 0.3) is 5.91 Å². The third-order valence-corrected chi connectivity index (χ3v) is 6.00. The number of benzene rings is 1. The Balaban J connectivity index is 1.55. The molecule has 3 amide bonds.